The molecule has 0 bridgehead atoms. The normalized spacial score (nSPS) is 12.0. The monoisotopic (exact) mass is 309 g/mol. The number of aliphatic hydroxyl groups is 1. The average molecular weight is 309 g/mol. The van der Waals surface area contributed by atoms with Crippen molar-refractivity contribution in [3.63, 3.8) is 0 Å². The van der Waals surface area contributed by atoms with Gasteiger partial charge in [-0.15, -0.1) is 0 Å². The fourth-order valence-corrected chi connectivity index (χ4v) is 2.23. The predicted octanol–water partition coefficient (Wildman–Crippen LogP) is 2.95. The number of nitrogens with one attached hydrogen (secondary N) is 1. The Hall–Kier alpha value is -3.15. The van der Waals surface area contributed by atoms with E-state index in [1.54, 1.807) is 19.1 Å². The van der Waals surface area contributed by atoms with Crippen LogP contribution < -0.4 is 0 Å². The molecule has 0 aliphatic heterocycles. The first kappa shape index (κ1) is 14.8. The van der Waals surface area contributed by atoms with Crippen molar-refractivity contribution in [2.45, 2.75) is 6.92 Å². The van der Waals surface area contributed by atoms with E-state index in [2.05, 4.69) is 15.0 Å². The summed E-state index contributed by atoms with van der Waals surface area (Å²) < 4.78 is 5.06. The molecule has 2 aromatic heterocycles. The summed E-state index contributed by atoms with van der Waals surface area (Å²) in [5.41, 5.74) is 1.93. The lowest BCUT2D eigenvalue weighted by Crippen LogP contribution is -2.10. The largest absolute Gasteiger partial charge is 0.506 e. The Labute approximate surface area is 132 Å². The second-order valence-electron chi connectivity index (χ2n) is 4.78. The van der Waals surface area contributed by atoms with E-state index in [0.717, 1.165) is 5.52 Å². The molecule has 3 rings (SSSR count). The maximum absolute atomic E-state index is 12.3. The SMILES string of the molecule is CCOC(=O)/C(=C(/O)c1ccncc1)c1nc2ccccc2[nH]1. The number of ether oxygens (including phenoxy) is 1. The van der Waals surface area contributed by atoms with Gasteiger partial charge in [0.05, 0.1) is 17.6 Å². The number of fused-ring (bicyclic) bond motifs is 1. The van der Waals surface area contributed by atoms with E-state index in [1.807, 2.05) is 24.3 Å². The number of para-hydroxylation sites is 2. The topological polar surface area (TPSA) is 88.1 Å². The van der Waals surface area contributed by atoms with Crippen LogP contribution in [0.25, 0.3) is 22.4 Å². The Bertz CT molecular complexity index is 836. The molecule has 0 spiro atoms. The predicted molar refractivity (Wildman–Crippen MR) is 86.4 cm³/mol. The van der Waals surface area contributed by atoms with Crippen molar-refractivity contribution in [2.75, 3.05) is 6.61 Å². The third kappa shape index (κ3) is 2.91. The second-order valence-corrected chi connectivity index (χ2v) is 4.78. The van der Waals surface area contributed by atoms with Gasteiger partial charge >= 0.3 is 5.97 Å². The number of pyridine rings is 1. The zero-order valence-corrected chi connectivity index (χ0v) is 12.5. The summed E-state index contributed by atoms with van der Waals surface area (Å²) in [7, 11) is 0. The molecule has 0 unspecified atom stereocenters. The van der Waals surface area contributed by atoms with Crippen molar-refractivity contribution in [1.29, 1.82) is 0 Å². The summed E-state index contributed by atoms with van der Waals surface area (Å²) in [4.78, 5) is 23.6. The number of H-pyrrole nitrogens is 1. The molecule has 0 aliphatic carbocycles. The molecule has 6 nitrogen and oxygen atoms in total. The summed E-state index contributed by atoms with van der Waals surface area (Å²) in [6, 6.07) is 10.6. The molecular formula is C17H15N3O3. The first-order chi connectivity index (χ1) is 11.2. The molecule has 0 saturated heterocycles. The summed E-state index contributed by atoms with van der Waals surface area (Å²) in [6.45, 7) is 1.91. The molecule has 0 amide bonds. The zero-order chi connectivity index (χ0) is 16.2. The third-order valence-corrected chi connectivity index (χ3v) is 3.30. The van der Waals surface area contributed by atoms with Gasteiger partial charge in [0.1, 0.15) is 17.2 Å². The quantitative estimate of drug-likeness (QED) is 0.439. The highest BCUT2D eigenvalue weighted by atomic mass is 16.5. The molecule has 0 fully saturated rings. The van der Waals surface area contributed by atoms with E-state index in [9.17, 15) is 9.90 Å². The smallest absolute Gasteiger partial charge is 0.345 e. The molecule has 6 heteroatoms. The fourth-order valence-electron chi connectivity index (χ4n) is 2.23. The van der Waals surface area contributed by atoms with Gasteiger partial charge in [-0.05, 0) is 31.2 Å². The van der Waals surface area contributed by atoms with E-state index < -0.39 is 5.97 Å². The number of hydrogen-bond donors (Lipinski definition) is 2. The number of aromatic amines is 1. The van der Waals surface area contributed by atoms with E-state index in [-0.39, 0.29) is 23.8 Å². The molecule has 23 heavy (non-hydrogen) atoms. The van der Waals surface area contributed by atoms with Crippen LogP contribution in [-0.4, -0.2) is 32.6 Å². The Morgan fingerprint density at radius 3 is 2.65 bits per heavy atom. The second kappa shape index (κ2) is 6.31. The fraction of sp³-hybridized carbons (Fsp3) is 0.118. The minimum absolute atomic E-state index is 0.00532. The van der Waals surface area contributed by atoms with E-state index in [1.165, 1.54) is 12.4 Å². The van der Waals surface area contributed by atoms with Gasteiger partial charge in [-0.2, -0.15) is 0 Å². The zero-order valence-electron chi connectivity index (χ0n) is 12.5. The van der Waals surface area contributed by atoms with Crippen LogP contribution in [0.3, 0.4) is 0 Å². The van der Waals surface area contributed by atoms with Gasteiger partial charge in [-0.3, -0.25) is 4.98 Å². The number of imidazole rings is 1. The van der Waals surface area contributed by atoms with Crippen LogP contribution in [0.4, 0.5) is 0 Å². The van der Waals surface area contributed by atoms with Crippen LogP contribution in [0.2, 0.25) is 0 Å². The van der Waals surface area contributed by atoms with Gasteiger partial charge in [-0.25, -0.2) is 9.78 Å². The average Bonchev–Trinajstić information content (AvgIpc) is 2.99. The van der Waals surface area contributed by atoms with Crippen molar-refractivity contribution in [3.05, 3.63) is 60.2 Å². The number of aliphatic hydroxyl groups excluding tert-OH is 1. The summed E-state index contributed by atoms with van der Waals surface area (Å²) in [5, 5.41) is 10.5. The lowest BCUT2D eigenvalue weighted by Gasteiger charge is -2.08. The molecule has 116 valence electrons. The maximum atomic E-state index is 12.3. The molecule has 2 N–H and O–H groups in total. The molecule has 2 heterocycles. The number of carbonyl (C=O) groups is 1. The van der Waals surface area contributed by atoms with Crippen LogP contribution in [0.1, 0.15) is 18.3 Å². The first-order valence-corrected chi connectivity index (χ1v) is 7.16. The van der Waals surface area contributed by atoms with Crippen LogP contribution in [-0.2, 0) is 9.53 Å². The highest BCUT2D eigenvalue weighted by Crippen LogP contribution is 2.25. The standard InChI is InChI=1S/C17H15N3O3/c1-2-23-17(22)14(15(21)11-7-9-18-10-8-11)16-19-12-5-3-4-6-13(12)20-16/h3-10,21H,2H2,1H3,(H,19,20)/b15-14+. The number of aromatic nitrogens is 3. The lowest BCUT2D eigenvalue weighted by molar-refractivity contribution is -0.136. The third-order valence-electron chi connectivity index (χ3n) is 3.30. The minimum Gasteiger partial charge on any atom is -0.506 e. The number of nitrogens with zero attached hydrogens (tertiary/aromatic N) is 2. The van der Waals surface area contributed by atoms with Crippen molar-refractivity contribution in [1.82, 2.24) is 15.0 Å². The number of rotatable bonds is 4. The molecular weight excluding hydrogens is 294 g/mol. The van der Waals surface area contributed by atoms with Crippen molar-refractivity contribution < 1.29 is 14.6 Å². The Kier molecular flexibility index (Phi) is 4.05. The summed E-state index contributed by atoms with van der Waals surface area (Å²) in [5.74, 6) is -0.579. The molecule has 1 aromatic carbocycles. The van der Waals surface area contributed by atoms with Crippen LogP contribution in [0, 0.1) is 0 Å². The maximum Gasteiger partial charge on any atom is 0.345 e. The van der Waals surface area contributed by atoms with E-state index >= 15 is 0 Å². The highest BCUT2D eigenvalue weighted by Gasteiger charge is 2.23. The highest BCUT2D eigenvalue weighted by molar-refractivity contribution is 6.22. The summed E-state index contributed by atoms with van der Waals surface area (Å²) in [6.07, 6.45) is 3.07. The molecule has 0 saturated carbocycles. The van der Waals surface area contributed by atoms with Gasteiger partial charge in [0.15, 0.2) is 0 Å². The summed E-state index contributed by atoms with van der Waals surface area (Å²) >= 11 is 0. The van der Waals surface area contributed by atoms with Gasteiger partial charge in [0, 0.05) is 18.0 Å². The van der Waals surface area contributed by atoms with Gasteiger partial charge < -0.3 is 14.8 Å². The Morgan fingerprint density at radius 1 is 1.22 bits per heavy atom. The van der Waals surface area contributed by atoms with Gasteiger partial charge in [0.2, 0.25) is 0 Å². The molecule has 0 radical (unpaired) electrons. The van der Waals surface area contributed by atoms with Gasteiger partial charge in [-0.1, -0.05) is 12.1 Å². The number of esters is 1. The molecule has 3 aromatic rings. The molecule has 0 atom stereocenters. The van der Waals surface area contributed by atoms with E-state index in [0.29, 0.717) is 11.1 Å². The van der Waals surface area contributed by atoms with Crippen molar-refractivity contribution in [2.24, 2.45) is 0 Å². The number of hydrogen-bond acceptors (Lipinski definition) is 5. The van der Waals surface area contributed by atoms with E-state index in [4.69, 9.17) is 4.74 Å². The van der Waals surface area contributed by atoms with Gasteiger partial charge in [0.25, 0.3) is 0 Å². The first-order valence-electron chi connectivity index (χ1n) is 7.16. The Balaban J connectivity index is 2.17. The van der Waals surface area contributed by atoms with Crippen molar-refractivity contribution >= 4 is 28.3 Å². The van der Waals surface area contributed by atoms with Crippen LogP contribution >= 0.6 is 0 Å². The lowest BCUT2D eigenvalue weighted by atomic mass is 10.1. The van der Waals surface area contributed by atoms with Crippen LogP contribution in [0.15, 0.2) is 48.8 Å². The van der Waals surface area contributed by atoms with Crippen molar-refractivity contribution in [3.8, 4) is 0 Å². The Morgan fingerprint density at radius 2 is 1.96 bits per heavy atom. The number of benzene rings is 1. The van der Waals surface area contributed by atoms with Crippen LogP contribution in [0.5, 0.6) is 0 Å². The minimum atomic E-state index is -0.638. The molecule has 0 aliphatic rings. The number of carbonyl (C=O) groups excluding carboxylic acids is 1.